The van der Waals surface area contributed by atoms with Crippen molar-refractivity contribution >= 4 is 17.8 Å². The molecule has 0 bridgehead atoms. The highest BCUT2D eigenvalue weighted by Crippen LogP contribution is 2.24. The summed E-state index contributed by atoms with van der Waals surface area (Å²) in [5.74, 6) is -16.6. The summed E-state index contributed by atoms with van der Waals surface area (Å²) in [7, 11) is 0. The average molecular weight is 402 g/mol. The summed E-state index contributed by atoms with van der Waals surface area (Å²) >= 11 is 0. The number of rotatable bonds is 11. The van der Waals surface area contributed by atoms with Crippen LogP contribution in [0.5, 0.6) is 0 Å². The Morgan fingerprint density at radius 2 is 1.31 bits per heavy atom. The second-order valence-corrected chi connectivity index (χ2v) is 4.96. The maximum Gasteiger partial charge on any atom is 0.383 e. The molecule has 0 saturated carbocycles. The van der Waals surface area contributed by atoms with Gasteiger partial charge in [0.2, 0.25) is 0 Å². The first-order valence-corrected chi connectivity index (χ1v) is 6.88. The molecule has 0 aliphatic rings. The van der Waals surface area contributed by atoms with Crippen LogP contribution in [-0.4, -0.2) is 60.2 Å². The lowest BCUT2D eigenvalue weighted by Crippen LogP contribution is -2.51. The predicted molar refractivity (Wildman–Crippen MR) is 68.3 cm³/mol. The van der Waals surface area contributed by atoms with Gasteiger partial charge in [-0.2, -0.15) is 17.6 Å². The number of alkyl halides is 8. The molecule has 6 nitrogen and oxygen atoms in total. The van der Waals surface area contributed by atoms with Crippen molar-refractivity contribution in [2.75, 3.05) is 6.54 Å². The van der Waals surface area contributed by atoms with Gasteiger partial charge in [0.15, 0.2) is 0 Å². The molecule has 0 aromatic rings. The number of halogens is 8. The smallest absolute Gasteiger partial charge is 0.383 e. The third-order valence-electron chi connectivity index (χ3n) is 2.96. The Morgan fingerprint density at radius 3 is 1.73 bits per heavy atom. The molecule has 0 aromatic heterocycles. The fourth-order valence-corrected chi connectivity index (χ4v) is 1.50. The molecule has 14 heteroatoms. The Balaban J connectivity index is 4.43. The summed E-state index contributed by atoms with van der Waals surface area (Å²) in [6.45, 7) is -0.575. The van der Waals surface area contributed by atoms with Gasteiger partial charge < -0.3 is 15.7 Å². The van der Waals surface area contributed by atoms with Crippen molar-refractivity contribution in [2.45, 2.75) is 50.0 Å². The highest BCUT2D eigenvalue weighted by molar-refractivity contribution is 5.88. The van der Waals surface area contributed by atoms with Crippen molar-refractivity contribution in [2.24, 2.45) is 0 Å². The minimum Gasteiger partial charge on any atom is -0.480 e. The summed E-state index contributed by atoms with van der Waals surface area (Å²) in [6.07, 6.45) is -9.65. The molecule has 3 N–H and O–H groups in total. The molecule has 0 saturated heterocycles. The van der Waals surface area contributed by atoms with Gasteiger partial charge in [-0.1, -0.05) is 0 Å². The van der Waals surface area contributed by atoms with Gasteiger partial charge in [0.1, 0.15) is 6.04 Å². The largest absolute Gasteiger partial charge is 0.480 e. The number of hydrogen-bond donors (Lipinski definition) is 3. The number of hydrogen-bond acceptors (Lipinski definition) is 3. The number of nitrogens with one attached hydrogen (secondary N) is 2. The van der Waals surface area contributed by atoms with Gasteiger partial charge in [-0.25, -0.2) is 22.4 Å². The van der Waals surface area contributed by atoms with E-state index in [9.17, 15) is 49.5 Å². The quantitative estimate of drug-likeness (QED) is 0.362. The standard InChI is InChI=1S/C12H14F8N2O4/c13-7(14)11(17,18)9(25)21-4-2-1-3-5(6(23)24)22-10(26)12(19,20)8(15)16/h5,7-8H,1-4H2,(H,21,25)(H,22,26)(H,23,24). The first kappa shape index (κ1) is 23.9. The van der Waals surface area contributed by atoms with Gasteiger partial charge >= 0.3 is 30.7 Å². The highest BCUT2D eigenvalue weighted by Gasteiger charge is 2.50. The molecule has 0 aromatic carbocycles. The third-order valence-corrected chi connectivity index (χ3v) is 2.96. The summed E-state index contributed by atoms with van der Waals surface area (Å²) in [4.78, 5) is 32.6. The van der Waals surface area contributed by atoms with E-state index in [2.05, 4.69) is 0 Å². The molecular formula is C12H14F8N2O4. The number of carboxylic acid groups (broad SMARTS) is 1. The number of aliphatic carboxylic acids is 1. The SMILES string of the molecule is O=C(O)C(CCCCNC(=O)C(F)(F)C(F)F)NC(=O)C(F)(F)C(F)F. The lowest BCUT2D eigenvalue weighted by Gasteiger charge is -2.19. The van der Waals surface area contributed by atoms with Crippen LogP contribution in [0.15, 0.2) is 0 Å². The van der Waals surface area contributed by atoms with Crippen LogP contribution in [0.2, 0.25) is 0 Å². The maximum absolute atomic E-state index is 12.7. The van der Waals surface area contributed by atoms with E-state index in [1.807, 2.05) is 0 Å². The average Bonchev–Trinajstić information content (AvgIpc) is 2.52. The van der Waals surface area contributed by atoms with E-state index >= 15 is 0 Å². The monoisotopic (exact) mass is 402 g/mol. The van der Waals surface area contributed by atoms with Crippen LogP contribution in [-0.2, 0) is 14.4 Å². The van der Waals surface area contributed by atoms with Crippen molar-refractivity contribution in [3.8, 4) is 0 Å². The Kier molecular flexibility index (Phi) is 8.73. The Labute approximate surface area is 140 Å². The van der Waals surface area contributed by atoms with E-state index in [1.165, 1.54) is 10.6 Å². The summed E-state index contributed by atoms with van der Waals surface area (Å²) in [6, 6.07) is -1.98. The van der Waals surface area contributed by atoms with Crippen LogP contribution in [0.1, 0.15) is 19.3 Å². The van der Waals surface area contributed by atoms with Gasteiger partial charge in [-0.15, -0.1) is 0 Å². The fraction of sp³-hybridized carbons (Fsp3) is 0.750. The number of carbonyl (C=O) groups is 3. The van der Waals surface area contributed by atoms with Crippen molar-refractivity contribution in [3.63, 3.8) is 0 Å². The Bertz CT molecular complexity index is 515. The molecule has 1 atom stereocenters. The van der Waals surface area contributed by atoms with Crippen molar-refractivity contribution in [1.29, 1.82) is 0 Å². The van der Waals surface area contributed by atoms with E-state index in [1.54, 1.807) is 0 Å². The zero-order valence-corrected chi connectivity index (χ0v) is 12.8. The second-order valence-electron chi connectivity index (χ2n) is 4.96. The van der Waals surface area contributed by atoms with E-state index in [0.29, 0.717) is 0 Å². The van der Waals surface area contributed by atoms with Crippen LogP contribution in [0.25, 0.3) is 0 Å². The molecule has 0 aliphatic carbocycles. The molecule has 1 unspecified atom stereocenters. The summed E-state index contributed by atoms with van der Waals surface area (Å²) in [5, 5.41) is 11.4. The van der Waals surface area contributed by atoms with Crippen LogP contribution < -0.4 is 10.6 Å². The van der Waals surface area contributed by atoms with Crippen LogP contribution >= 0.6 is 0 Å². The lowest BCUT2D eigenvalue weighted by atomic mass is 10.1. The fourth-order valence-electron chi connectivity index (χ4n) is 1.50. The maximum atomic E-state index is 12.7. The number of unbranched alkanes of at least 4 members (excludes halogenated alkanes) is 1. The zero-order valence-electron chi connectivity index (χ0n) is 12.8. The molecule has 0 aliphatic heterocycles. The minimum atomic E-state index is -5.11. The molecule has 0 fully saturated rings. The van der Waals surface area contributed by atoms with E-state index in [-0.39, 0.29) is 12.8 Å². The van der Waals surface area contributed by atoms with Gasteiger partial charge in [0, 0.05) is 6.54 Å². The molecular weight excluding hydrogens is 388 g/mol. The Hall–Kier alpha value is -2.15. The summed E-state index contributed by atoms with van der Waals surface area (Å²) < 4.78 is 98.4. The highest BCUT2D eigenvalue weighted by atomic mass is 19.3. The predicted octanol–water partition coefficient (Wildman–Crippen LogP) is 1.64. The van der Waals surface area contributed by atoms with E-state index < -0.39 is 61.5 Å². The molecule has 152 valence electrons. The molecule has 0 radical (unpaired) electrons. The Morgan fingerprint density at radius 1 is 0.846 bits per heavy atom. The van der Waals surface area contributed by atoms with E-state index in [4.69, 9.17) is 5.11 Å². The zero-order chi connectivity index (χ0) is 20.7. The molecule has 0 heterocycles. The normalized spacial score (nSPS) is 13.6. The molecule has 2 amide bonds. The molecule has 0 rings (SSSR count). The van der Waals surface area contributed by atoms with E-state index in [0.717, 1.165) is 0 Å². The number of amides is 2. The third kappa shape index (κ3) is 6.63. The van der Waals surface area contributed by atoms with Gasteiger partial charge in [-0.3, -0.25) is 9.59 Å². The van der Waals surface area contributed by atoms with Crippen molar-refractivity contribution < 1.29 is 54.6 Å². The van der Waals surface area contributed by atoms with Crippen molar-refractivity contribution in [1.82, 2.24) is 10.6 Å². The van der Waals surface area contributed by atoms with Gasteiger partial charge in [0.05, 0.1) is 0 Å². The first-order chi connectivity index (χ1) is 11.7. The van der Waals surface area contributed by atoms with Crippen LogP contribution in [0.3, 0.4) is 0 Å². The topological polar surface area (TPSA) is 95.5 Å². The second kappa shape index (κ2) is 9.52. The minimum absolute atomic E-state index is 0.240. The number of carboxylic acids is 1. The first-order valence-electron chi connectivity index (χ1n) is 6.88. The molecule has 0 spiro atoms. The van der Waals surface area contributed by atoms with Gasteiger partial charge in [-0.05, 0) is 19.3 Å². The summed E-state index contributed by atoms with van der Waals surface area (Å²) in [5.41, 5.74) is 0. The molecule has 26 heavy (non-hydrogen) atoms. The lowest BCUT2D eigenvalue weighted by molar-refractivity contribution is -0.171. The van der Waals surface area contributed by atoms with Crippen molar-refractivity contribution in [3.05, 3.63) is 0 Å². The number of carbonyl (C=O) groups excluding carboxylic acids is 2. The van der Waals surface area contributed by atoms with Crippen LogP contribution in [0, 0.1) is 0 Å². The van der Waals surface area contributed by atoms with Gasteiger partial charge in [0.25, 0.3) is 11.8 Å². The van der Waals surface area contributed by atoms with Crippen LogP contribution in [0.4, 0.5) is 35.1 Å².